The first-order valence-electron chi connectivity index (χ1n) is 10.7. The third-order valence-corrected chi connectivity index (χ3v) is 6.85. The summed E-state index contributed by atoms with van der Waals surface area (Å²) in [5.41, 5.74) is 1.52. The molecule has 0 unspecified atom stereocenters. The fourth-order valence-corrected chi connectivity index (χ4v) is 3.91. The molecule has 0 aromatic heterocycles. The molecule has 0 radical (unpaired) electrons. The Morgan fingerprint density at radius 1 is 1.00 bits per heavy atom. The molecule has 0 aliphatic rings. The van der Waals surface area contributed by atoms with Crippen LogP contribution in [0.4, 0.5) is 5.69 Å². The van der Waals surface area contributed by atoms with Gasteiger partial charge in [-0.3, -0.25) is 9.59 Å². The SMILES string of the molecule is CCCCCC(=O)Nc1ccc(C(=O)COC(=O)c2cc(S(=O)(=O)N(C)C)ccc2C)cc1. The second kappa shape index (κ2) is 11.7. The Kier molecular flexibility index (Phi) is 9.31. The number of unbranched alkanes of at least 4 members (excludes halogenated alkanes) is 2. The summed E-state index contributed by atoms with van der Waals surface area (Å²) in [4.78, 5) is 36.8. The van der Waals surface area contributed by atoms with Gasteiger partial charge in [-0.2, -0.15) is 0 Å². The maximum Gasteiger partial charge on any atom is 0.338 e. The molecule has 178 valence electrons. The highest BCUT2D eigenvalue weighted by molar-refractivity contribution is 7.89. The average molecular weight is 475 g/mol. The van der Waals surface area contributed by atoms with Crippen molar-refractivity contribution < 1.29 is 27.5 Å². The molecule has 33 heavy (non-hydrogen) atoms. The van der Waals surface area contributed by atoms with Crippen LogP contribution in [0.2, 0.25) is 0 Å². The van der Waals surface area contributed by atoms with Crippen LogP contribution in [0.25, 0.3) is 0 Å². The number of ether oxygens (including phenoxy) is 1. The van der Waals surface area contributed by atoms with Crippen molar-refractivity contribution in [1.82, 2.24) is 4.31 Å². The van der Waals surface area contributed by atoms with Gasteiger partial charge in [-0.1, -0.05) is 25.8 Å². The molecule has 0 spiro atoms. The van der Waals surface area contributed by atoms with Crippen LogP contribution in [0.3, 0.4) is 0 Å². The zero-order valence-corrected chi connectivity index (χ0v) is 20.2. The summed E-state index contributed by atoms with van der Waals surface area (Å²) >= 11 is 0. The number of rotatable bonds is 11. The van der Waals surface area contributed by atoms with Crippen LogP contribution in [0.1, 0.15) is 58.9 Å². The first kappa shape index (κ1) is 26.2. The molecule has 9 heteroatoms. The van der Waals surface area contributed by atoms with Gasteiger partial charge in [0.2, 0.25) is 15.9 Å². The molecule has 8 nitrogen and oxygen atoms in total. The minimum absolute atomic E-state index is 0.0382. The van der Waals surface area contributed by atoms with Gasteiger partial charge in [0.1, 0.15) is 0 Å². The Hall–Kier alpha value is -3.04. The van der Waals surface area contributed by atoms with Crippen molar-refractivity contribution in [3.05, 3.63) is 59.2 Å². The van der Waals surface area contributed by atoms with E-state index in [1.54, 1.807) is 31.2 Å². The molecule has 0 saturated heterocycles. The van der Waals surface area contributed by atoms with Crippen LogP contribution in [-0.2, 0) is 19.6 Å². The smallest absolute Gasteiger partial charge is 0.338 e. The predicted octanol–water partition coefficient (Wildman–Crippen LogP) is 3.80. The molecular formula is C24H30N2O6S. The summed E-state index contributed by atoms with van der Waals surface area (Å²) in [6, 6.07) is 10.5. The number of hydrogen-bond donors (Lipinski definition) is 1. The van der Waals surface area contributed by atoms with Crippen molar-refractivity contribution in [2.45, 2.75) is 44.4 Å². The van der Waals surface area contributed by atoms with Crippen LogP contribution in [0, 0.1) is 6.92 Å². The summed E-state index contributed by atoms with van der Waals surface area (Å²) < 4.78 is 30.8. The van der Waals surface area contributed by atoms with E-state index in [4.69, 9.17) is 4.74 Å². The van der Waals surface area contributed by atoms with Crippen molar-refractivity contribution in [2.24, 2.45) is 0 Å². The highest BCUT2D eigenvalue weighted by Crippen LogP contribution is 2.19. The molecule has 1 N–H and O–H groups in total. The first-order valence-corrected chi connectivity index (χ1v) is 12.1. The number of aryl methyl sites for hydroxylation is 1. The van der Waals surface area contributed by atoms with Crippen LogP contribution in [0.15, 0.2) is 47.4 Å². The fourth-order valence-electron chi connectivity index (χ4n) is 2.98. The Morgan fingerprint density at radius 2 is 1.67 bits per heavy atom. The molecule has 0 saturated carbocycles. The molecule has 2 aromatic carbocycles. The number of ketones is 1. The predicted molar refractivity (Wildman–Crippen MR) is 126 cm³/mol. The van der Waals surface area contributed by atoms with Gasteiger partial charge >= 0.3 is 5.97 Å². The fraction of sp³-hybridized carbons (Fsp3) is 0.375. The Morgan fingerprint density at radius 3 is 2.27 bits per heavy atom. The minimum atomic E-state index is -3.71. The molecule has 0 heterocycles. The molecule has 0 fully saturated rings. The maximum atomic E-state index is 12.5. The molecule has 2 aromatic rings. The van der Waals surface area contributed by atoms with Crippen LogP contribution in [0.5, 0.6) is 0 Å². The molecule has 0 aliphatic carbocycles. The van der Waals surface area contributed by atoms with E-state index >= 15 is 0 Å². The number of nitrogens with zero attached hydrogens (tertiary/aromatic N) is 1. The average Bonchev–Trinajstić information content (AvgIpc) is 2.78. The van der Waals surface area contributed by atoms with Crippen molar-refractivity contribution in [3.63, 3.8) is 0 Å². The number of carbonyl (C=O) groups is 3. The molecule has 2 rings (SSSR count). The lowest BCUT2D eigenvalue weighted by molar-refractivity contribution is -0.116. The van der Waals surface area contributed by atoms with Gasteiger partial charge in [0.25, 0.3) is 0 Å². The first-order chi connectivity index (χ1) is 15.6. The number of nitrogens with one attached hydrogen (secondary N) is 1. The van der Waals surface area contributed by atoms with Crippen molar-refractivity contribution >= 4 is 33.4 Å². The second-order valence-corrected chi connectivity index (χ2v) is 10.00. The Labute approximate surface area is 195 Å². The Balaban J connectivity index is 1.99. The zero-order valence-electron chi connectivity index (χ0n) is 19.4. The highest BCUT2D eigenvalue weighted by atomic mass is 32.2. The van der Waals surface area contributed by atoms with Crippen molar-refractivity contribution in [3.8, 4) is 0 Å². The summed E-state index contributed by atoms with van der Waals surface area (Å²) in [6.07, 6.45) is 3.30. The van der Waals surface area contributed by atoms with Crippen molar-refractivity contribution in [1.29, 1.82) is 0 Å². The summed E-state index contributed by atoms with van der Waals surface area (Å²) in [7, 11) is -0.919. The van der Waals surface area contributed by atoms with E-state index in [1.165, 1.54) is 32.3 Å². The van der Waals surface area contributed by atoms with E-state index < -0.39 is 28.4 Å². The van der Waals surface area contributed by atoms with E-state index in [0.29, 0.717) is 23.2 Å². The lowest BCUT2D eigenvalue weighted by Crippen LogP contribution is -2.23. The van der Waals surface area contributed by atoms with E-state index in [9.17, 15) is 22.8 Å². The standard InChI is InChI=1S/C24H30N2O6S/c1-5-6-7-8-23(28)25-19-12-10-18(11-13-19)22(27)16-32-24(29)21-15-20(14-9-17(21)2)33(30,31)26(3)4/h9-15H,5-8,16H2,1-4H3,(H,25,28). The van der Waals surface area contributed by atoms with E-state index in [2.05, 4.69) is 12.2 Å². The summed E-state index contributed by atoms with van der Waals surface area (Å²) in [5.74, 6) is -1.28. The number of anilines is 1. The number of carbonyl (C=O) groups excluding carboxylic acids is 3. The minimum Gasteiger partial charge on any atom is -0.454 e. The van der Waals surface area contributed by atoms with Gasteiger partial charge in [-0.15, -0.1) is 0 Å². The van der Waals surface area contributed by atoms with Gasteiger partial charge in [0.15, 0.2) is 12.4 Å². The van der Waals surface area contributed by atoms with Crippen LogP contribution >= 0.6 is 0 Å². The number of benzene rings is 2. The number of hydrogen-bond acceptors (Lipinski definition) is 6. The summed E-state index contributed by atoms with van der Waals surface area (Å²) in [6.45, 7) is 3.23. The molecular weight excluding hydrogens is 444 g/mol. The zero-order chi connectivity index (χ0) is 24.6. The van der Waals surface area contributed by atoms with Gasteiger partial charge in [0, 0.05) is 31.8 Å². The normalized spacial score (nSPS) is 11.3. The Bertz CT molecular complexity index is 1110. The van der Waals surface area contributed by atoms with Crippen LogP contribution < -0.4 is 5.32 Å². The summed E-state index contributed by atoms with van der Waals surface area (Å²) in [5, 5.41) is 2.78. The number of Topliss-reactive ketones (excluding diaryl/α,β-unsaturated/α-hetero) is 1. The monoisotopic (exact) mass is 474 g/mol. The number of sulfonamides is 1. The van der Waals surface area contributed by atoms with Crippen LogP contribution in [-0.4, -0.2) is 51.1 Å². The molecule has 0 aliphatic heterocycles. The van der Waals surface area contributed by atoms with Crippen molar-refractivity contribution in [2.75, 3.05) is 26.0 Å². The van der Waals surface area contributed by atoms with E-state index in [-0.39, 0.29) is 16.4 Å². The van der Waals surface area contributed by atoms with E-state index in [1.807, 2.05) is 0 Å². The highest BCUT2D eigenvalue weighted by Gasteiger charge is 2.21. The van der Waals surface area contributed by atoms with Gasteiger partial charge in [-0.05, 0) is 55.3 Å². The molecule has 0 atom stereocenters. The largest absolute Gasteiger partial charge is 0.454 e. The molecule has 1 amide bonds. The lowest BCUT2D eigenvalue weighted by atomic mass is 10.1. The third-order valence-electron chi connectivity index (χ3n) is 5.04. The van der Waals surface area contributed by atoms with Gasteiger partial charge in [-0.25, -0.2) is 17.5 Å². The van der Waals surface area contributed by atoms with E-state index in [0.717, 1.165) is 23.6 Å². The van der Waals surface area contributed by atoms with Gasteiger partial charge in [0.05, 0.1) is 10.5 Å². The number of esters is 1. The maximum absolute atomic E-state index is 12.5. The lowest BCUT2D eigenvalue weighted by Gasteiger charge is -2.13. The topological polar surface area (TPSA) is 110 Å². The van der Waals surface area contributed by atoms with Gasteiger partial charge < -0.3 is 10.1 Å². The second-order valence-electron chi connectivity index (χ2n) is 7.85. The third kappa shape index (κ3) is 7.23. The molecule has 0 bridgehead atoms. The number of amides is 1. The quantitative estimate of drug-likeness (QED) is 0.301.